The normalized spacial score (nSPS) is 16.3. The molecule has 1 atom stereocenters. The van der Waals surface area contributed by atoms with Gasteiger partial charge < -0.3 is 15.0 Å². The van der Waals surface area contributed by atoms with E-state index in [2.05, 4.69) is 10.1 Å². The SMILES string of the molecule is CCN(CCC(=O)OC)C(=O)C1CC(=O)Nc2cc(F)ccc21. The molecule has 0 saturated carbocycles. The van der Waals surface area contributed by atoms with Crippen molar-refractivity contribution >= 4 is 23.5 Å². The summed E-state index contributed by atoms with van der Waals surface area (Å²) in [6.45, 7) is 2.42. The van der Waals surface area contributed by atoms with E-state index in [1.807, 2.05) is 0 Å². The highest BCUT2D eigenvalue weighted by Crippen LogP contribution is 2.34. The number of nitrogens with one attached hydrogen (secondary N) is 1. The van der Waals surface area contributed by atoms with Crippen LogP contribution in [0.25, 0.3) is 0 Å². The molecular weight excluding hydrogens is 303 g/mol. The Morgan fingerprint density at radius 3 is 2.83 bits per heavy atom. The summed E-state index contributed by atoms with van der Waals surface area (Å²) in [7, 11) is 1.29. The van der Waals surface area contributed by atoms with Gasteiger partial charge in [0.25, 0.3) is 0 Å². The van der Waals surface area contributed by atoms with Crippen molar-refractivity contribution in [2.45, 2.75) is 25.7 Å². The summed E-state index contributed by atoms with van der Waals surface area (Å²) in [5.74, 6) is -2.13. The van der Waals surface area contributed by atoms with E-state index in [0.29, 0.717) is 17.8 Å². The van der Waals surface area contributed by atoms with Crippen LogP contribution in [0.3, 0.4) is 0 Å². The van der Waals surface area contributed by atoms with Crippen LogP contribution in [0.4, 0.5) is 10.1 Å². The van der Waals surface area contributed by atoms with Gasteiger partial charge in [0, 0.05) is 25.2 Å². The van der Waals surface area contributed by atoms with Crippen LogP contribution >= 0.6 is 0 Å². The molecule has 0 aliphatic carbocycles. The molecule has 0 aromatic heterocycles. The van der Waals surface area contributed by atoms with E-state index in [-0.39, 0.29) is 31.2 Å². The number of carbonyl (C=O) groups is 3. The van der Waals surface area contributed by atoms with Gasteiger partial charge in [-0.05, 0) is 24.6 Å². The van der Waals surface area contributed by atoms with Gasteiger partial charge in [0.15, 0.2) is 0 Å². The molecule has 0 bridgehead atoms. The molecule has 6 nitrogen and oxygen atoms in total. The molecule has 1 heterocycles. The Labute approximate surface area is 133 Å². The number of halogens is 1. The second kappa shape index (κ2) is 7.21. The monoisotopic (exact) mass is 322 g/mol. The van der Waals surface area contributed by atoms with Crippen LogP contribution in [0.2, 0.25) is 0 Å². The first kappa shape index (κ1) is 16.9. The third kappa shape index (κ3) is 3.85. The highest BCUT2D eigenvalue weighted by atomic mass is 19.1. The van der Waals surface area contributed by atoms with Crippen molar-refractivity contribution in [1.82, 2.24) is 4.90 Å². The summed E-state index contributed by atoms with van der Waals surface area (Å²) in [4.78, 5) is 37.3. The van der Waals surface area contributed by atoms with E-state index in [1.165, 1.54) is 30.2 Å². The Morgan fingerprint density at radius 2 is 2.17 bits per heavy atom. The van der Waals surface area contributed by atoms with E-state index >= 15 is 0 Å². The number of methoxy groups -OCH3 is 1. The van der Waals surface area contributed by atoms with Crippen molar-refractivity contribution < 1.29 is 23.5 Å². The number of carbonyl (C=O) groups excluding carboxylic acids is 3. The number of nitrogens with zero attached hydrogens (tertiary/aromatic N) is 1. The number of hydrogen-bond acceptors (Lipinski definition) is 4. The summed E-state index contributed by atoms with van der Waals surface area (Å²) in [5.41, 5.74) is 0.913. The van der Waals surface area contributed by atoms with Crippen molar-refractivity contribution in [2.24, 2.45) is 0 Å². The lowest BCUT2D eigenvalue weighted by Crippen LogP contribution is -2.39. The van der Waals surface area contributed by atoms with Crippen molar-refractivity contribution in [3.8, 4) is 0 Å². The molecule has 1 aromatic rings. The Bertz CT molecular complexity index is 633. The minimum atomic E-state index is -0.669. The fraction of sp³-hybridized carbons (Fsp3) is 0.438. The van der Waals surface area contributed by atoms with Gasteiger partial charge in [-0.25, -0.2) is 4.39 Å². The average Bonchev–Trinajstić information content (AvgIpc) is 2.53. The maximum atomic E-state index is 13.3. The lowest BCUT2D eigenvalue weighted by Gasteiger charge is -2.30. The Kier molecular flexibility index (Phi) is 5.31. The van der Waals surface area contributed by atoms with Crippen molar-refractivity contribution in [2.75, 3.05) is 25.5 Å². The van der Waals surface area contributed by atoms with Gasteiger partial charge in [-0.2, -0.15) is 0 Å². The van der Waals surface area contributed by atoms with Crippen LogP contribution in [0.15, 0.2) is 18.2 Å². The van der Waals surface area contributed by atoms with Crippen LogP contribution in [0, 0.1) is 5.82 Å². The molecule has 1 aliphatic rings. The van der Waals surface area contributed by atoms with Crippen LogP contribution in [0.1, 0.15) is 31.2 Å². The molecule has 1 N–H and O–H groups in total. The number of rotatable bonds is 5. The van der Waals surface area contributed by atoms with Gasteiger partial charge >= 0.3 is 5.97 Å². The molecule has 0 spiro atoms. The third-order valence-corrected chi connectivity index (χ3v) is 3.86. The lowest BCUT2D eigenvalue weighted by atomic mass is 9.89. The zero-order valence-corrected chi connectivity index (χ0v) is 13.1. The number of hydrogen-bond donors (Lipinski definition) is 1. The van der Waals surface area contributed by atoms with Gasteiger partial charge in [-0.3, -0.25) is 14.4 Å². The molecule has 0 fully saturated rings. The first-order valence-corrected chi connectivity index (χ1v) is 7.41. The first-order chi connectivity index (χ1) is 11.0. The number of ether oxygens (including phenoxy) is 1. The summed E-state index contributed by atoms with van der Waals surface area (Å²) in [6, 6.07) is 3.99. The highest BCUT2D eigenvalue weighted by Gasteiger charge is 2.33. The molecule has 2 rings (SSSR count). The molecule has 2 amide bonds. The smallest absolute Gasteiger partial charge is 0.307 e. The van der Waals surface area contributed by atoms with Crippen molar-refractivity contribution in [3.63, 3.8) is 0 Å². The number of anilines is 1. The highest BCUT2D eigenvalue weighted by molar-refractivity contribution is 6.01. The molecule has 124 valence electrons. The Balaban J connectivity index is 2.21. The van der Waals surface area contributed by atoms with Crippen LogP contribution < -0.4 is 5.32 Å². The number of esters is 1. The lowest BCUT2D eigenvalue weighted by molar-refractivity contribution is -0.142. The maximum absolute atomic E-state index is 13.3. The molecular formula is C16H19FN2O4. The van der Waals surface area contributed by atoms with Crippen LogP contribution in [-0.4, -0.2) is 42.9 Å². The number of amides is 2. The minimum Gasteiger partial charge on any atom is -0.469 e. The van der Waals surface area contributed by atoms with E-state index in [9.17, 15) is 18.8 Å². The summed E-state index contributed by atoms with van der Waals surface area (Å²) in [6.07, 6.45) is 0.0947. The summed E-state index contributed by atoms with van der Waals surface area (Å²) in [5, 5.41) is 2.58. The molecule has 23 heavy (non-hydrogen) atoms. The third-order valence-electron chi connectivity index (χ3n) is 3.86. The van der Waals surface area contributed by atoms with Crippen LogP contribution in [-0.2, 0) is 19.1 Å². The van der Waals surface area contributed by atoms with Gasteiger partial charge in [0.2, 0.25) is 11.8 Å². The summed E-state index contributed by atoms with van der Waals surface area (Å²) >= 11 is 0. The minimum absolute atomic E-state index is 0.00614. The average molecular weight is 322 g/mol. The van der Waals surface area contributed by atoms with E-state index < -0.39 is 17.7 Å². The van der Waals surface area contributed by atoms with E-state index in [0.717, 1.165) is 0 Å². The molecule has 1 aliphatic heterocycles. The fourth-order valence-corrected chi connectivity index (χ4v) is 2.63. The molecule has 0 saturated heterocycles. The quantitative estimate of drug-likeness (QED) is 0.837. The maximum Gasteiger partial charge on any atom is 0.307 e. The van der Waals surface area contributed by atoms with Gasteiger partial charge in [0.05, 0.1) is 19.4 Å². The number of fused-ring (bicyclic) bond motifs is 1. The Hall–Kier alpha value is -2.44. The van der Waals surface area contributed by atoms with Crippen molar-refractivity contribution in [1.29, 1.82) is 0 Å². The fourth-order valence-electron chi connectivity index (χ4n) is 2.63. The Morgan fingerprint density at radius 1 is 1.43 bits per heavy atom. The van der Waals surface area contributed by atoms with Gasteiger partial charge in [0.1, 0.15) is 5.82 Å². The van der Waals surface area contributed by atoms with E-state index in [1.54, 1.807) is 6.92 Å². The number of benzene rings is 1. The van der Waals surface area contributed by atoms with Gasteiger partial charge in [-0.15, -0.1) is 0 Å². The standard InChI is InChI=1S/C16H19FN2O4/c1-3-19(7-6-15(21)23-2)16(22)12-9-14(20)18-13-8-10(17)4-5-11(12)13/h4-5,8,12H,3,6-7,9H2,1-2H3,(H,18,20). The molecule has 0 radical (unpaired) electrons. The topological polar surface area (TPSA) is 75.7 Å². The second-order valence-electron chi connectivity index (χ2n) is 5.28. The summed E-state index contributed by atoms with van der Waals surface area (Å²) < 4.78 is 17.9. The largest absolute Gasteiger partial charge is 0.469 e. The van der Waals surface area contributed by atoms with E-state index in [4.69, 9.17) is 0 Å². The zero-order chi connectivity index (χ0) is 17.0. The molecule has 7 heteroatoms. The zero-order valence-electron chi connectivity index (χ0n) is 13.1. The molecule has 1 aromatic carbocycles. The predicted molar refractivity (Wildman–Crippen MR) is 81.3 cm³/mol. The van der Waals surface area contributed by atoms with Crippen LogP contribution in [0.5, 0.6) is 0 Å². The second-order valence-corrected chi connectivity index (χ2v) is 5.28. The van der Waals surface area contributed by atoms with Crippen molar-refractivity contribution in [3.05, 3.63) is 29.6 Å². The van der Waals surface area contributed by atoms with Gasteiger partial charge in [-0.1, -0.05) is 6.07 Å². The first-order valence-electron chi connectivity index (χ1n) is 7.41. The molecule has 1 unspecified atom stereocenters. The number of likely N-dealkylation sites (N-methyl/N-ethyl adjacent to an activating group) is 1. The predicted octanol–water partition coefficient (Wildman–Crippen LogP) is 1.66.